The van der Waals surface area contributed by atoms with Crippen LogP contribution in [-0.4, -0.2) is 30.5 Å². The molecule has 0 aliphatic carbocycles. The molecule has 0 bridgehead atoms. The summed E-state index contributed by atoms with van der Waals surface area (Å²) in [7, 11) is 1.60. The number of thiazole rings is 1. The maximum atomic E-state index is 12.8. The van der Waals surface area contributed by atoms with Crippen LogP contribution in [0.1, 0.15) is 18.2 Å². The lowest BCUT2D eigenvalue weighted by molar-refractivity contribution is -0.122. The van der Waals surface area contributed by atoms with Crippen molar-refractivity contribution in [2.24, 2.45) is 5.92 Å². The monoisotopic (exact) mass is 421 g/mol. The second kappa shape index (κ2) is 8.67. The molecule has 1 aromatic heterocycles. The second-order valence-corrected chi connectivity index (χ2v) is 8.19. The van der Waals surface area contributed by atoms with Crippen LogP contribution < -0.4 is 15.0 Å². The standard InChI is InChI=1S/C23H23N3O3S/c1-3-19-21(15-7-5-4-6-8-15)24-23(30-19)25-22(28)16-13-20(27)26(14-16)17-9-11-18(29-2)12-10-17/h4-12,16H,3,13-14H2,1-2H3,(H,24,25,28)/t16-/m0/s1. The van der Waals surface area contributed by atoms with Gasteiger partial charge >= 0.3 is 0 Å². The van der Waals surface area contributed by atoms with Gasteiger partial charge in [-0.3, -0.25) is 9.59 Å². The van der Waals surface area contributed by atoms with Crippen LogP contribution in [0, 0.1) is 5.92 Å². The molecule has 2 aromatic carbocycles. The number of aromatic nitrogens is 1. The number of rotatable bonds is 6. The molecule has 1 aliphatic rings. The molecule has 0 unspecified atom stereocenters. The molecule has 7 heteroatoms. The number of hydrogen-bond acceptors (Lipinski definition) is 5. The molecule has 1 saturated heterocycles. The predicted molar refractivity (Wildman–Crippen MR) is 119 cm³/mol. The molecule has 3 aromatic rings. The molecular weight excluding hydrogens is 398 g/mol. The van der Waals surface area contributed by atoms with E-state index < -0.39 is 5.92 Å². The van der Waals surface area contributed by atoms with Gasteiger partial charge in [0, 0.05) is 29.1 Å². The molecule has 6 nitrogen and oxygen atoms in total. The van der Waals surface area contributed by atoms with Gasteiger partial charge in [0.25, 0.3) is 0 Å². The number of hydrogen-bond donors (Lipinski definition) is 1. The number of amides is 2. The first-order valence-electron chi connectivity index (χ1n) is 9.89. The van der Waals surface area contributed by atoms with E-state index in [1.807, 2.05) is 54.6 Å². The van der Waals surface area contributed by atoms with Crippen molar-refractivity contribution in [2.75, 3.05) is 23.9 Å². The van der Waals surface area contributed by atoms with E-state index >= 15 is 0 Å². The smallest absolute Gasteiger partial charge is 0.231 e. The van der Waals surface area contributed by atoms with Gasteiger partial charge in [0.1, 0.15) is 5.75 Å². The average molecular weight is 422 g/mol. The van der Waals surface area contributed by atoms with Crippen LogP contribution in [0.15, 0.2) is 54.6 Å². The zero-order valence-electron chi connectivity index (χ0n) is 16.9. The van der Waals surface area contributed by atoms with E-state index in [0.29, 0.717) is 11.7 Å². The first kappa shape index (κ1) is 20.1. The SMILES string of the molecule is CCc1sc(NC(=O)[C@H]2CC(=O)N(c3ccc(OC)cc3)C2)nc1-c1ccccc1. The third-order valence-corrected chi connectivity index (χ3v) is 6.29. The molecule has 1 atom stereocenters. The summed E-state index contributed by atoms with van der Waals surface area (Å²) in [6.07, 6.45) is 1.03. The number of nitrogens with one attached hydrogen (secondary N) is 1. The lowest BCUT2D eigenvalue weighted by atomic mass is 10.1. The fourth-order valence-corrected chi connectivity index (χ4v) is 4.50. The Hall–Kier alpha value is -3.19. The minimum Gasteiger partial charge on any atom is -0.497 e. The molecule has 2 amide bonds. The zero-order valence-corrected chi connectivity index (χ0v) is 17.7. The number of nitrogens with zero attached hydrogens (tertiary/aromatic N) is 2. The van der Waals surface area contributed by atoms with Crippen LogP contribution >= 0.6 is 11.3 Å². The number of anilines is 2. The molecular formula is C23H23N3O3S. The largest absolute Gasteiger partial charge is 0.497 e. The molecule has 2 heterocycles. The van der Waals surface area contributed by atoms with Crippen molar-refractivity contribution in [3.63, 3.8) is 0 Å². The Labute approximate surface area is 179 Å². The van der Waals surface area contributed by atoms with Gasteiger partial charge in [-0.2, -0.15) is 0 Å². The summed E-state index contributed by atoms with van der Waals surface area (Å²) < 4.78 is 5.16. The normalized spacial score (nSPS) is 16.0. The Morgan fingerprint density at radius 2 is 1.93 bits per heavy atom. The van der Waals surface area contributed by atoms with E-state index in [1.54, 1.807) is 12.0 Å². The van der Waals surface area contributed by atoms with Crippen molar-refractivity contribution < 1.29 is 14.3 Å². The third-order valence-electron chi connectivity index (χ3n) is 5.18. The number of ether oxygens (including phenoxy) is 1. The Kier molecular flexibility index (Phi) is 5.81. The summed E-state index contributed by atoms with van der Waals surface area (Å²) in [6, 6.07) is 17.2. The van der Waals surface area contributed by atoms with Crippen molar-refractivity contribution in [1.29, 1.82) is 0 Å². The lowest BCUT2D eigenvalue weighted by Crippen LogP contribution is -2.28. The van der Waals surface area contributed by atoms with Gasteiger partial charge in [-0.1, -0.05) is 37.3 Å². The van der Waals surface area contributed by atoms with Gasteiger partial charge in [-0.25, -0.2) is 4.98 Å². The molecule has 1 N–H and O–H groups in total. The van der Waals surface area contributed by atoms with Gasteiger partial charge in [0.15, 0.2) is 5.13 Å². The highest BCUT2D eigenvalue weighted by Gasteiger charge is 2.35. The molecule has 0 spiro atoms. The van der Waals surface area contributed by atoms with Crippen molar-refractivity contribution in [2.45, 2.75) is 19.8 Å². The molecule has 154 valence electrons. The van der Waals surface area contributed by atoms with Crippen molar-refractivity contribution in [3.05, 3.63) is 59.5 Å². The van der Waals surface area contributed by atoms with E-state index in [1.165, 1.54) is 11.3 Å². The van der Waals surface area contributed by atoms with E-state index in [2.05, 4.69) is 17.2 Å². The highest BCUT2D eigenvalue weighted by Crippen LogP contribution is 2.33. The first-order valence-corrected chi connectivity index (χ1v) is 10.7. The maximum absolute atomic E-state index is 12.8. The minimum atomic E-state index is -0.409. The quantitative estimate of drug-likeness (QED) is 0.641. The number of carbonyl (C=O) groups is 2. The van der Waals surface area contributed by atoms with Crippen molar-refractivity contribution in [3.8, 4) is 17.0 Å². The Bertz CT molecular complexity index is 1050. The summed E-state index contributed by atoms with van der Waals surface area (Å²) >= 11 is 1.49. The zero-order chi connectivity index (χ0) is 21.1. The summed E-state index contributed by atoms with van der Waals surface area (Å²) in [6.45, 7) is 2.43. The summed E-state index contributed by atoms with van der Waals surface area (Å²) in [5, 5.41) is 3.50. The third kappa shape index (κ3) is 4.07. The van der Waals surface area contributed by atoms with Crippen LogP contribution in [0.4, 0.5) is 10.8 Å². The van der Waals surface area contributed by atoms with Crippen LogP contribution in [0.2, 0.25) is 0 Å². The molecule has 0 saturated carbocycles. The lowest BCUT2D eigenvalue weighted by Gasteiger charge is -2.16. The number of aryl methyl sites for hydroxylation is 1. The molecule has 1 aliphatic heterocycles. The molecule has 1 fully saturated rings. The fourth-order valence-electron chi connectivity index (χ4n) is 3.57. The van der Waals surface area contributed by atoms with Crippen LogP contribution in [0.5, 0.6) is 5.75 Å². The van der Waals surface area contributed by atoms with Gasteiger partial charge < -0.3 is 15.0 Å². The van der Waals surface area contributed by atoms with Crippen LogP contribution in [0.25, 0.3) is 11.3 Å². The van der Waals surface area contributed by atoms with Crippen LogP contribution in [0.3, 0.4) is 0 Å². The molecule has 30 heavy (non-hydrogen) atoms. The van der Waals surface area contributed by atoms with E-state index in [4.69, 9.17) is 4.74 Å². The summed E-state index contributed by atoms with van der Waals surface area (Å²) in [5.74, 6) is 0.0900. The number of carbonyl (C=O) groups excluding carboxylic acids is 2. The first-order chi connectivity index (χ1) is 14.6. The predicted octanol–water partition coefficient (Wildman–Crippen LogP) is 4.37. The van der Waals surface area contributed by atoms with E-state index in [-0.39, 0.29) is 18.2 Å². The summed E-state index contributed by atoms with van der Waals surface area (Å²) in [4.78, 5) is 32.8. The summed E-state index contributed by atoms with van der Waals surface area (Å²) in [5.41, 5.74) is 2.71. The van der Waals surface area contributed by atoms with Gasteiger partial charge in [0.05, 0.1) is 18.7 Å². The van der Waals surface area contributed by atoms with Crippen LogP contribution in [-0.2, 0) is 16.0 Å². The fraction of sp³-hybridized carbons (Fsp3) is 0.261. The molecule has 4 rings (SSSR count). The Morgan fingerprint density at radius 3 is 2.60 bits per heavy atom. The average Bonchev–Trinajstić information content (AvgIpc) is 3.37. The topological polar surface area (TPSA) is 71.5 Å². The van der Waals surface area contributed by atoms with E-state index in [9.17, 15) is 9.59 Å². The molecule has 0 radical (unpaired) electrons. The Morgan fingerprint density at radius 1 is 1.20 bits per heavy atom. The highest BCUT2D eigenvalue weighted by atomic mass is 32.1. The van der Waals surface area contributed by atoms with Gasteiger partial charge in [-0.15, -0.1) is 11.3 Å². The van der Waals surface area contributed by atoms with Gasteiger partial charge in [-0.05, 0) is 30.7 Å². The highest BCUT2D eigenvalue weighted by molar-refractivity contribution is 7.16. The van der Waals surface area contributed by atoms with E-state index in [0.717, 1.165) is 34.0 Å². The number of methoxy groups -OCH3 is 1. The maximum Gasteiger partial charge on any atom is 0.231 e. The minimum absolute atomic E-state index is 0.0568. The van der Waals surface area contributed by atoms with Crippen molar-refractivity contribution in [1.82, 2.24) is 4.98 Å². The van der Waals surface area contributed by atoms with Gasteiger partial charge in [0.2, 0.25) is 11.8 Å². The van der Waals surface area contributed by atoms with Crippen molar-refractivity contribution >= 4 is 34.0 Å². The number of benzene rings is 2. The second-order valence-electron chi connectivity index (χ2n) is 7.10. The Balaban J connectivity index is 1.47.